The summed E-state index contributed by atoms with van der Waals surface area (Å²) in [6.07, 6.45) is 2.00. The minimum Gasteiger partial charge on any atom is -0.488 e. The van der Waals surface area contributed by atoms with E-state index in [9.17, 15) is 4.79 Å². The molecule has 1 N–H and O–H groups in total. The van der Waals surface area contributed by atoms with E-state index >= 15 is 0 Å². The molecule has 2 heterocycles. The largest absolute Gasteiger partial charge is 0.488 e. The van der Waals surface area contributed by atoms with Gasteiger partial charge in [-0.15, -0.1) is 0 Å². The average molecular weight is 431 g/mol. The van der Waals surface area contributed by atoms with E-state index in [-0.39, 0.29) is 11.9 Å². The van der Waals surface area contributed by atoms with Crippen LogP contribution in [-0.4, -0.2) is 40.6 Å². The van der Waals surface area contributed by atoms with E-state index < -0.39 is 0 Å². The van der Waals surface area contributed by atoms with Crippen LogP contribution < -0.4 is 9.47 Å². The normalized spacial score (nSPS) is 12.0. The summed E-state index contributed by atoms with van der Waals surface area (Å²) in [6.45, 7) is 4.23. The molecule has 4 rings (SSSR count). The maximum absolute atomic E-state index is 12.1. The Morgan fingerprint density at radius 2 is 1.91 bits per heavy atom. The number of ketones is 1. The second kappa shape index (κ2) is 9.62. The van der Waals surface area contributed by atoms with Gasteiger partial charge < -0.3 is 19.2 Å². The van der Waals surface area contributed by atoms with Crippen molar-refractivity contribution >= 4 is 16.9 Å². The minimum absolute atomic E-state index is 0.0661. The molecule has 0 radical (unpaired) electrons. The number of hydrogen-bond donors (Lipinski definition) is 1. The van der Waals surface area contributed by atoms with E-state index in [0.29, 0.717) is 47.3 Å². The molecule has 7 heteroatoms. The Morgan fingerprint density at radius 3 is 2.69 bits per heavy atom. The number of Topliss-reactive ketones (excluding diaryl/α,β-unsaturated/α-hetero) is 1. The number of aromatic amines is 1. The third-order valence-electron chi connectivity index (χ3n) is 4.86. The van der Waals surface area contributed by atoms with Crippen molar-refractivity contribution in [2.75, 3.05) is 13.7 Å². The van der Waals surface area contributed by atoms with E-state index in [1.807, 2.05) is 56.3 Å². The monoisotopic (exact) mass is 431 g/mol. The number of imidazole rings is 1. The van der Waals surface area contributed by atoms with Crippen LogP contribution >= 0.6 is 0 Å². The van der Waals surface area contributed by atoms with E-state index in [4.69, 9.17) is 14.2 Å². The van der Waals surface area contributed by atoms with Crippen LogP contribution in [-0.2, 0) is 4.74 Å². The molecule has 2 aromatic carbocycles. The van der Waals surface area contributed by atoms with Crippen molar-refractivity contribution in [2.45, 2.75) is 26.4 Å². The quantitative estimate of drug-likeness (QED) is 0.356. The number of hydrogen-bond acceptors (Lipinski definition) is 6. The fraction of sp³-hybridized carbons (Fsp3) is 0.240. The molecule has 0 spiro atoms. The van der Waals surface area contributed by atoms with Gasteiger partial charge in [0.15, 0.2) is 11.4 Å². The summed E-state index contributed by atoms with van der Waals surface area (Å²) in [5, 5.41) is 0. The van der Waals surface area contributed by atoms with E-state index in [0.717, 1.165) is 11.1 Å². The summed E-state index contributed by atoms with van der Waals surface area (Å²) in [5.41, 5.74) is 2.89. The predicted octanol–water partition coefficient (Wildman–Crippen LogP) is 5.42. The van der Waals surface area contributed by atoms with Crippen LogP contribution in [0, 0.1) is 0 Å². The highest BCUT2D eigenvalue weighted by molar-refractivity contribution is 5.96. The first kappa shape index (κ1) is 21.5. The topological polar surface area (TPSA) is 86.3 Å². The number of carbonyl (C=O) groups excluding carboxylic acids is 1. The Balaban J connectivity index is 1.71. The number of carbonyl (C=O) groups is 1. The van der Waals surface area contributed by atoms with Crippen molar-refractivity contribution in [1.29, 1.82) is 0 Å². The van der Waals surface area contributed by atoms with Gasteiger partial charge in [-0.05, 0) is 43.3 Å². The lowest BCUT2D eigenvalue weighted by Gasteiger charge is -2.16. The molecular weight excluding hydrogens is 406 g/mol. The second-order valence-corrected chi connectivity index (χ2v) is 7.44. The van der Waals surface area contributed by atoms with Crippen LogP contribution in [0.4, 0.5) is 0 Å². The molecule has 7 nitrogen and oxygen atoms in total. The van der Waals surface area contributed by atoms with Crippen molar-refractivity contribution in [3.05, 3.63) is 66.4 Å². The highest BCUT2D eigenvalue weighted by Crippen LogP contribution is 2.33. The first-order chi connectivity index (χ1) is 15.6. The fourth-order valence-corrected chi connectivity index (χ4v) is 3.39. The Morgan fingerprint density at radius 1 is 1.06 bits per heavy atom. The molecular formula is C25H25N3O4. The van der Waals surface area contributed by atoms with Gasteiger partial charge in [-0.25, -0.2) is 9.97 Å². The lowest BCUT2D eigenvalue weighted by molar-refractivity contribution is 0.0920. The van der Waals surface area contributed by atoms with Crippen LogP contribution in [0.3, 0.4) is 0 Å². The van der Waals surface area contributed by atoms with Crippen molar-refractivity contribution in [3.8, 4) is 28.6 Å². The molecule has 0 saturated carbocycles. The lowest BCUT2D eigenvalue weighted by atomic mass is 10.1. The fourth-order valence-electron chi connectivity index (χ4n) is 3.39. The molecule has 164 valence electrons. The SMILES string of the molecule is CCC(=O)c1cccc(Oc2cc(OC(C)COC)cc(-c3nc4ncccc4[nH]3)c2)c1. The van der Waals surface area contributed by atoms with Crippen molar-refractivity contribution in [1.82, 2.24) is 15.0 Å². The molecule has 32 heavy (non-hydrogen) atoms. The molecule has 0 saturated heterocycles. The number of fused-ring (bicyclic) bond motifs is 1. The van der Waals surface area contributed by atoms with Gasteiger partial charge in [0.2, 0.25) is 0 Å². The number of aromatic nitrogens is 3. The van der Waals surface area contributed by atoms with Crippen LogP contribution in [0.15, 0.2) is 60.8 Å². The molecule has 0 amide bonds. The van der Waals surface area contributed by atoms with Crippen molar-refractivity contribution < 1.29 is 19.0 Å². The number of methoxy groups -OCH3 is 1. The first-order valence-electron chi connectivity index (χ1n) is 10.5. The number of rotatable bonds is 9. The Hall–Kier alpha value is -3.71. The Labute approximate surface area is 186 Å². The third-order valence-corrected chi connectivity index (χ3v) is 4.86. The maximum atomic E-state index is 12.1. The van der Waals surface area contributed by atoms with Gasteiger partial charge in [0.1, 0.15) is 29.2 Å². The predicted molar refractivity (Wildman–Crippen MR) is 122 cm³/mol. The lowest BCUT2D eigenvalue weighted by Crippen LogP contribution is -2.17. The average Bonchev–Trinajstić information content (AvgIpc) is 3.23. The van der Waals surface area contributed by atoms with E-state index in [1.165, 1.54) is 0 Å². The zero-order valence-electron chi connectivity index (χ0n) is 18.3. The number of nitrogens with one attached hydrogen (secondary N) is 1. The molecule has 0 aliphatic heterocycles. The summed E-state index contributed by atoms with van der Waals surface area (Å²) in [7, 11) is 1.64. The highest BCUT2D eigenvalue weighted by atomic mass is 16.5. The number of benzene rings is 2. The number of H-pyrrole nitrogens is 1. The number of pyridine rings is 1. The highest BCUT2D eigenvalue weighted by Gasteiger charge is 2.13. The molecule has 0 bridgehead atoms. The smallest absolute Gasteiger partial charge is 0.178 e. The molecule has 4 aromatic rings. The summed E-state index contributed by atoms with van der Waals surface area (Å²) >= 11 is 0. The Kier molecular flexibility index (Phi) is 6.47. The van der Waals surface area contributed by atoms with Gasteiger partial charge in [0.25, 0.3) is 0 Å². The van der Waals surface area contributed by atoms with Crippen LogP contribution in [0.5, 0.6) is 17.2 Å². The van der Waals surface area contributed by atoms with Gasteiger partial charge in [0.05, 0.1) is 12.1 Å². The van der Waals surface area contributed by atoms with Gasteiger partial charge >= 0.3 is 0 Å². The zero-order chi connectivity index (χ0) is 22.5. The second-order valence-electron chi connectivity index (χ2n) is 7.44. The molecule has 2 aromatic heterocycles. The van der Waals surface area contributed by atoms with E-state index in [1.54, 1.807) is 25.4 Å². The molecule has 0 aliphatic rings. The molecule has 0 aliphatic carbocycles. The summed E-state index contributed by atoms with van der Waals surface area (Å²) in [6, 6.07) is 16.5. The van der Waals surface area contributed by atoms with Gasteiger partial charge in [-0.3, -0.25) is 4.79 Å². The van der Waals surface area contributed by atoms with E-state index in [2.05, 4.69) is 15.0 Å². The van der Waals surface area contributed by atoms with Crippen molar-refractivity contribution in [2.24, 2.45) is 0 Å². The van der Waals surface area contributed by atoms with Crippen molar-refractivity contribution in [3.63, 3.8) is 0 Å². The van der Waals surface area contributed by atoms with Gasteiger partial charge in [0, 0.05) is 36.9 Å². The van der Waals surface area contributed by atoms with Crippen LogP contribution in [0.2, 0.25) is 0 Å². The molecule has 0 fully saturated rings. The van der Waals surface area contributed by atoms with Crippen LogP contribution in [0.25, 0.3) is 22.6 Å². The number of ether oxygens (including phenoxy) is 3. The van der Waals surface area contributed by atoms with Gasteiger partial charge in [-0.1, -0.05) is 19.1 Å². The summed E-state index contributed by atoms with van der Waals surface area (Å²) in [4.78, 5) is 24.2. The maximum Gasteiger partial charge on any atom is 0.178 e. The zero-order valence-corrected chi connectivity index (χ0v) is 18.3. The third kappa shape index (κ3) is 4.95. The van der Waals surface area contributed by atoms with Gasteiger partial charge in [-0.2, -0.15) is 0 Å². The standard InChI is InChI=1S/C25H25N3O4/c1-4-23(29)17-7-5-8-19(11-17)32-21-13-18(12-20(14-21)31-16(2)15-30-3)24-27-22-9-6-10-26-25(22)28-24/h5-14,16H,4,15H2,1-3H3,(H,26,27,28). The number of nitrogens with zero attached hydrogens (tertiary/aromatic N) is 2. The summed E-state index contributed by atoms with van der Waals surface area (Å²) < 4.78 is 17.3. The minimum atomic E-state index is -0.147. The molecule has 1 unspecified atom stereocenters. The van der Waals surface area contributed by atoms with Crippen LogP contribution in [0.1, 0.15) is 30.6 Å². The molecule has 1 atom stereocenters. The summed E-state index contributed by atoms with van der Waals surface area (Å²) in [5.74, 6) is 2.48. The Bertz CT molecular complexity index is 1200. The first-order valence-corrected chi connectivity index (χ1v) is 10.5.